The Morgan fingerprint density at radius 2 is 1.89 bits per heavy atom. The Morgan fingerprint density at radius 1 is 1.21 bits per heavy atom. The van der Waals surface area contributed by atoms with Gasteiger partial charge in [0.25, 0.3) is 0 Å². The third-order valence-electron chi connectivity index (χ3n) is 4.69. The first-order chi connectivity index (χ1) is 13.3. The Bertz CT molecular complexity index is 746. The lowest BCUT2D eigenvalue weighted by Gasteiger charge is -2.21. The van der Waals surface area contributed by atoms with Crippen LogP contribution >= 0.6 is 12.2 Å². The maximum Gasteiger partial charge on any atom is 0.243 e. The molecule has 9 heteroatoms. The molecule has 0 spiro atoms. The monoisotopic (exact) mass is 428 g/mol. The minimum atomic E-state index is -3.53. The summed E-state index contributed by atoms with van der Waals surface area (Å²) in [6.45, 7) is 2.84. The number of hydrogen-bond donors (Lipinski definition) is 2. The van der Waals surface area contributed by atoms with Crippen molar-refractivity contribution in [2.75, 3.05) is 52.7 Å². The summed E-state index contributed by atoms with van der Waals surface area (Å²) in [6.07, 6.45) is 4.92. The average molecular weight is 429 g/mol. The van der Waals surface area contributed by atoms with Gasteiger partial charge in [-0.3, -0.25) is 0 Å². The zero-order valence-electron chi connectivity index (χ0n) is 17.0. The normalized spacial score (nSPS) is 15.9. The molecule has 0 amide bonds. The molecule has 28 heavy (non-hydrogen) atoms. The fourth-order valence-electron chi connectivity index (χ4n) is 3.14. The molecule has 7 nitrogen and oxygen atoms in total. The Morgan fingerprint density at radius 3 is 2.50 bits per heavy atom. The van der Waals surface area contributed by atoms with Gasteiger partial charge in [-0.1, -0.05) is 12.8 Å². The Kier molecular flexibility index (Phi) is 8.94. The molecule has 1 aliphatic rings. The van der Waals surface area contributed by atoms with E-state index < -0.39 is 10.0 Å². The van der Waals surface area contributed by atoms with Crippen LogP contribution in [0.1, 0.15) is 32.1 Å². The maximum atomic E-state index is 13.1. The van der Waals surface area contributed by atoms with E-state index in [-0.39, 0.29) is 4.90 Å². The summed E-state index contributed by atoms with van der Waals surface area (Å²) < 4.78 is 33.1. The van der Waals surface area contributed by atoms with Crippen molar-refractivity contribution < 1.29 is 13.2 Å². The maximum absolute atomic E-state index is 13.1. The first-order valence-electron chi connectivity index (χ1n) is 9.72. The molecule has 0 radical (unpaired) electrons. The summed E-state index contributed by atoms with van der Waals surface area (Å²) in [5.41, 5.74) is 0.545. The number of nitrogens with one attached hydrogen (secondary N) is 2. The van der Waals surface area contributed by atoms with Gasteiger partial charge in [0.05, 0.1) is 17.7 Å². The van der Waals surface area contributed by atoms with Gasteiger partial charge < -0.3 is 20.3 Å². The second kappa shape index (κ2) is 10.9. The van der Waals surface area contributed by atoms with E-state index in [1.807, 2.05) is 14.1 Å². The SMILES string of the molecule is COc1ccc(S(=O)(=O)N2CCCCCC2)cc1NC(=S)NCCCN(C)C. The molecule has 0 aromatic heterocycles. The van der Waals surface area contributed by atoms with Crippen molar-refractivity contribution in [3.05, 3.63) is 18.2 Å². The summed E-state index contributed by atoms with van der Waals surface area (Å²) in [7, 11) is 2.07. The quantitative estimate of drug-likeness (QED) is 0.487. The van der Waals surface area contributed by atoms with Crippen LogP contribution in [0, 0.1) is 0 Å². The van der Waals surface area contributed by atoms with Gasteiger partial charge >= 0.3 is 0 Å². The molecular formula is C19H32N4O3S2. The van der Waals surface area contributed by atoms with Crippen LogP contribution < -0.4 is 15.4 Å². The van der Waals surface area contributed by atoms with Crippen molar-refractivity contribution in [2.45, 2.75) is 37.0 Å². The van der Waals surface area contributed by atoms with Crippen LogP contribution in [0.2, 0.25) is 0 Å². The highest BCUT2D eigenvalue weighted by Crippen LogP contribution is 2.29. The molecule has 0 unspecified atom stereocenters. The largest absolute Gasteiger partial charge is 0.495 e. The second-order valence-electron chi connectivity index (χ2n) is 7.22. The summed E-state index contributed by atoms with van der Waals surface area (Å²) in [5.74, 6) is 0.548. The standard InChI is InChI=1S/C19H32N4O3S2/c1-22(2)12-8-11-20-19(27)21-17-15-16(9-10-18(17)26-3)28(24,25)23-13-6-4-5-7-14-23/h9-10,15H,4-8,11-14H2,1-3H3,(H2,20,21,27). The first kappa shape index (κ1) is 22.9. The van der Waals surface area contributed by atoms with E-state index in [0.29, 0.717) is 29.6 Å². The second-order valence-corrected chi connectivity index (χ2v) is 9.56. The fourth-order valence-corrected chi connectivity index (χ4v) is 4.90. The van der Waals surface area contributed by atoms with Crippen molar-refractivity contribution in [3.8, 4) is 5.75 Å². The number of ether oxygens (including phenoxy) is 1. The molecule has 1 fully saturated rings. The molecule has 2 N–H and O–H groups in total. The van der Waals surface area contributed by atoms with Gasteiger partial charge in [-0.2, -0.15) is 4.31 Å². The lowest BCUT2D eigenvalue weighted by molar-refractivity contribution is 0.400. The van der Waals surface area contributed by atoms with Crippen LogP contribution in [0.4, 0.5) is 5.69 Å². The molecule has 0 atom stereocenters. The number of thiocarbonyl (C=S) groups is 1. The number of methoxy groups -OCH3 is 1. The number of benzene rings is 1. The zero-order chi connectivity index (χ0) is 20.6. The van der Waals surface area contributed by atoms with E-state index >= 15 is 0 Å². The van der Waals surface area contributed by atoms with Gasteiger partial charge in [-0.05, 0) is 70.3 Å². The number of hydrogen-bond acceptors (Lipinski definition) is 5. The number of anilines is 1. The van der Waals surface area contributed by atoms with Crippen LogP contribution in [-0.4, -0.2) is 70.1 Å². The minimum Gasteiger partial charge on any atom is -0.495 e. The van der Waals surface area contributed by atoms with Crippen molar-refractivity contribution >= 4 is 33.0 Å². The van der Waals surface area contributed by atoms with E-state index in [1.165, 1.54) is 0 Å². The molecule has 0 saturated carbocycles. The third-order valence-corrected chi connectivity index (χ3v) is 6.83. The highest BCUT2D eigenvalue weighted by molar-refractivity contribution is 7.89. The van der Waals surface area contributed by atoms with Gasteiger partial charge in [0.1, 0.15) is 5.75 Å². The molecule has 0 bridgehead atoms. The lowest BCUT2D eigenvalue weighted by atomic mass is 10.2. The molecule has 1 aromatic rings. The molecule has 0 aliphatic carbocycles. The lowest BCUT2D eigenvalue weighted by Crippen LogP contribution is -2.32. The molecule has 158 valence electrons. The molecule has 1 aliphatic heterocycles. The highest BCUT2D eigenvalue weighted by Gasteiger charge is 2.26. The molecule has 1 heterocycles. The highest BCUT2D eigenvalue weighted by atomic mass is 32.2. The van der Waals surface area contributed by atoms with E-state index in [1.54, 1.807) is 29.6 Å². The number of rotatable bonds is 8. The molecular weight excluding hydrogens is 396 g/mol. The molecule has 1 saturated heterocycles. The van der Waals surface area contributed by atoms with Crippen LogP contribution in [-0.2, 0) is 10.0 Å². The van der Waals surface area contributed by atoms with E-state index in [2.05, 4.69) is 15.5 Å². The Balaban J connectivity index is 2.11. The van der Waals surface area contributed by atoms with Crippen LogP contribution in [0.25, 0.3) is 0 Å². The predicted molar refractivity (Wildman–Crippen MR) is 118 cm³/mol. The van der Waals surface area contributed by atoms with Crippen LogP contribution in [0.5, 0.6) is 5.75 Å². The van der Waals surface area contributed by atoms with Gasteiger partial charge in [0.15, 0.2) is 5.11 Å². The van der Waals surface area contributed by atoms with Gasteiger partial charge in [-0.15, -0.1) is 0 Å². The predicted octanol–water partition coefficient (Wildman–Crippen LogP) is 2.50. The molecule has 1 aromatic carbocycles. The Labute approximate surface area is 174 Å². The summed E-state index contributed by atoms with van der Waals surface area (Å²) >= 11 is 5.35. The summed E-state index contributed by atoms with van der Waals surface area (Å²) in [5, 5.41) is 6.67. The van der Waals surface area contributed by atoms with E-state index in [0.717, 1.165) is 45.2 Å². The van der Waals surface area contributed by atoms with E-state index in [9.17, 15) is 8.42 Å². The van der Waals surface area contributed by atoms with Crippen molar-refractivity contribution in [1.82, 2.24) is 14.5 Å². The Hall–Kier alpha value is -1.42. The summed E-state index contributed by atoms with van der Waals surface area (Å²) in [6, 6.07) is 4.87. The average Bonchev–Trinajstić information content (AvgIpc) is 2.95. The van der Waals surface area contributed by atoms with E-state index in [4.69, 9.17) is 17.0 Å². The number of nitrogens with zero attached hydrogens (tertiary/aromatic N) is 2. The van der Waals surface area contributed by atoms with Crippen molar-refractivity contribution in [1.29, 1.82) is 0 Å². The van der Waals surface area contributed by atoms with Crippen molar-refractivity contribution in [3.63, 3.8) is 0 Å². The topological polar surface area (TPSA) is 73.9 Å². The van der Waals surface area contributed by atoms with Gasteiger partial charge in [0, 0.05) is 19.6 Å². The molecule has 2 rings (SSSR count). The van der Waals surface area contributed by atoms with Crippen molar-refractivity contribution in [2.24, 2.45) is 0 Å². The third kappa shape index (κ3) is 6.58. The van der Waals surface area contributed by atoms with Gasteiger partial charge in [-0.25, -0.2) is 8.42 Å². The zero-order valence-corrected chi connectivity index (χ0v) is 18.7. The van der Waals surface area contributed by atoms with Crippen LogP contribution in [0.3, 0.4) is 0 Å². The first-order valence-corrected chi connectivity index (χ1v) is 11.6. The smallest absolute Gasteiger partial charge is 0.243 e. The minimum absolute atomic E-state index is 0.258. The fraction of sp³-hybridized carbons (Fsp3) is 0.632. The summed E-state index contributed by atoms with van der Waals surface area (Å²) in [4.78, 5) is 2.37. The van der Waals surface area contributed by atoms with Gasteiger partial charge in [0.2, 0.25) is 10.0 Å². The number of sulfonamides is 1. The van der Waals surface area contributed by atoms with Crippen LogP contribution in [0.15, 0.2) is 23.1 Å².